The smallest absolute Gasteiger partial charge is 0.315 e. The first-order valence-corrected chi connectivity index (χ1v) is 7.15. The maximum absolute atomic E-state index is 11.9. The number of urea groups is 1. The molecule has 1 fully saturated rings. The van der Waals surface area contributed by atoms with Crippen LogP contribution in [0.4, 0.5) is 4.79 Å². The summed E-state index contributed by atoms with van der Waals surface area (Å²) in [7, 11) is 0. The fraction of sp³-hybridized carbons (Fsp3) is 0.562. The first kappa shape index (κ1) is 13.9. The first-order valence-electron chi connectivity index (χ1n) is 7.15. The zero-order chi connectivity index (χ0) is 13.9. The van der Waals surface area contributed by atoms with E-state index in [1.807, 2.05) is 0 Å². The highest BCUT2D eigenvalue weighted by atomic mass is 16.2. The van der Waals surface area contributed by atoms with Crippen molar-refractivity contribution in [2.24, 2.45) is 5.92 Å². The number of hydrogen-bond donors (Lipinski definition) is 2. The molecule has 1 saturated carbocycles. The minimum absolute atomic E-state index is 0.0428. The van der Waals surface area contributed by atoms with Gasteiger partial charge in [0.25, 0.3) is 0 Å². The summed E-state index contributed by atoms with van der Waals surface area (Å²) in [4.78, 5) is 11.9. The molecule has 1 aromatic carbocycles. The van der Waals surface area contributed by atoms with Gasteiger partial charge in [0.1, 0.15) is 0 Å². The van der Waals surface area contributed by atoms with Crippen LogP contribution in [0.5, 0.6) is 0 Å². The van der Waals surface area contributed by atoms with Gasteiger partial charge in [-0.05, 0) is 37.7 Å². The third-order valence-corrected chi connectivity index (χ3v) is 3.71. The molecule has 0 heterocycles. The van der Waals surface area contributed by atoms with Crippen LogP contribution in [-0.2, 0) is 5.54 Å². The first-order chi connectivity index (χ1) is 9.02. The number of rotatable bonds is 5. The van der Waals surface area contributed by atoms with Gasteiger partial charge < -0.3 is 10.6 Å². The normalized spacial score (nSPS) is 16.2. The van der Waals surface area contributed by atoms with E-state index >= 15 is 0 Å². The summed E-state index contributed by atoms with van der Waals surface area (Å²) in [5.41, 5.74) is 2.35. The predicted octanol–water partition coefficient (Wildman–Crippen LogP) is 3.33. The van der Waals surface area contributed by atoms with E-state index in [0.717, 1.165) is 25.8 Å². The monoisotopic (exact) mass is 260 g/mol. The van der Waals surface area contributed by atoms with E-state index in [4.69, 9.17) is 0 Å². The Labute approximate surface area is 115 Å². The molecular formula is C16H24N2O. The average molecular weight is 260 g/mol. The molecule has 0 unspecified atom stereocenters. The van der Waals surface area contributed by atoms with Gasteiger partial charge >= 0.3 is 6.03 Å². The van der Waals surface area contributed by atoms with Crippen LogP contribution in [0, 0.1) is 12.8 Å². The maximum Gasteiger partial charge on any atom is 0.315 e. The van der Waals surface area contributed by atoms with Crippen LogP contribution >= 0.6 is 0 Å². The summed E-state index contributed by atoms with van der Waals surface area (Å²) in [6.45, 7) is 7.14. The van der Waals surface area contributed by atoms with Crippen LogP contribution in [0.25, 0.3) is 0 Å². The molecule has 1 aliphatic carbocycles. The van der Waals surface area contributed by atoms with Crippen LogP contribution in [0.1, 0.15) is 44.2 Å². The van der Waals surface area contributed by atoms with Crippen molar-refractivity contribution in [2.45, 2.75) is 45.6 Å². The van der Waals surface area contributed by atoms with E-state index in [1.54, 1.807) is 0 Å². The van der Waals surface area contributed by atoms with E-state index in [1.165, 1.54) is 11.1 Å². The van der Waals surface area contributed by atoms with Crippen LogP contribution in [-0.4, -0.2) is 12.6 Å². The minimum Gasteiger partial charge on any atom is -0.338 e. The zero-order valence-electron chi connectivity index (χ0n) is 12.1. The van der Waals surface area contributed by atoms with Gasteiger partial charge in [0, 0.05) is 6.54 Å². The molecule has 0 radical (unpaired) electrons. The standard InChI is InChI=1S/C16H24N2O/c1-12(2)8-11-17-15(19)18-16(9-10-16)14-6-4-13(3)5-7-14/h4-7,12H,8-11H2,1-3H3,(H2,17,18,19). The summed E-state index contributed by atoms with van der Waals surface area (Å²) < 4.78 is 0. The number of carbonyl (C=O) groups excluding carboxylic acids is 1. The molecule has 0 atom stereocenters. The molecule has 3 nitrogen and oxygen atoms in total. The molecule has 0 spiro atoms. The molecule has 3 heteroatoms. The van der Waals surface area contributed by atoms with Crippen molar-refractivity contribution in [2.75, 3.05) is 6.54 Å². The molecule has 1 aliphatic rings. The van der Waals surface area contributed by atoms with Gasteiger partial charge in [-0.1, -0.05) is 43.7 Å². The quantitative estimate of drug-likeness (QED) is 0.837. The van der Waals surface area contributed by atoms with Crippen LogP contribution < -0.4 is 10.6 Å². The number of benzene rings is 1. The topological polar surface area (TPSA) is 41.1 Å². The Morgan fingerprint density at radius 3 is 2.42 bits per heavy atom. The molecule has 19 heavy (non-hydrogen) atoms. The highest BCUT2D eigenvalue weighted by molar-refractivity contribution is 5.75. The third-order valence-electron chi connectivity index (χ3n) is 3.71. The van der Waals surface area contributed by atoms with Crippen molar-refractivity contribution in [3.63, 3.8) is 0 Å². The summed E-state index contributed by atoms with van der Waals surface area (Å²) >= 11 is 0. The number of hydrogen-bond acceptors (Lipinski definition) is 1. The van der Waals surface area contributed by atoms with Gasteiger partial charge in [0.15, 0.2) is 0 Å². The molecule has 0 aliphatic heterocycles. The molecule has 0 bridgehead atoms. The van der Waals surface area contributed by atoms with Gasteiger partial charge in [0.2, 0.25) is 0 Å². The summed E-state index contributed by atoms with van der Waals surface area (Å²) in [6.07, 6.45) is 3.09. The Balaban J connectivity index is 1.87. The van der Waals surface area contributed by atoms with Gasteiger partial charge in [-0.3, -0.25) is 0 Å². The Bertz CT molecular complexity index is 433. The Kier molecular flexibility index (Phi) is 4.13. The van der Waals surface area contributed by atoms with Crippen molar-refractivity contribution < 1.29 is 4.79 Å². The van der Waals surface area contributed by atoms with Gasteiger partial charge in [0.05, 0.1) is 5.54 Å². The third kappa shape index (κ3) is 3.72. The van der Waals surface area contributed by atoms with Crippen molar-refractivity contribution in [3.05, 3.63) is 35.4 Å². The van der Waals surface area contributed by atoms with Crippen molar-refractivity contribution in [3.8, 4) is 0 Å². The summed E-state index contributed by atoms with van der Waals surface area (Å²) in [6, 6.07) is 8.41. The average Bonchev–Trinajstić information content (AvgIpc) is 3.10. The van der Waals surface area contributed by atoms with Crippen molar-refractivity contribution in [1.82, 2.24) is 10.6 Å². The number of amides is 2. The maximum atomic E-state index is 11.9. The second-order valence-electron chi connectivity index (χ2n) is 6.01. The SMILES string of the molecule is Cc1ccc(C2(NC(=O)NCCC(C)C)CC2)cc1. The predicted molar refractivity (Wildman–Crippen MR) is 78.1 cm³/mol. The molecule has 2 amide bonds. The second-order valence-corrected chi connectivity index (χ2v) is 6.01. The fourth-order valence-corrected chi connectivity index (χ4v) is 2.22. The highest BCUT2D eigenvalue weighted by Gasteiger charge is 2.45. The highest BCUT2D eigenvalue weighted by Crippen LogP contribution is 2.45. The number of nitrogens with one attached hydrogen (secondary N) is 2. The van der Waals surface area contributed by atoms with E-state index in [2.05, 4.69) is 55.7 Å². The molecule has 2 N–H and O–H groups in total. The number of carbonyl (C=O) groups is 1. The van der Waals surface area contributed by atoms with Gasteiger partial charge in [-0.2, -0.15) is 0 Å². The second kappa shape index (κ2) is 5.64. The lowest BCUT2D eigenvalue weighted by atomic mass is 10.0. The Hall–Kier alpha value is -1.51. The lowest BCUT2D eigenvalue weighted by Crippen LogP contribution is -2.42. The minimum atomic E-state index is -0.115. The molecule has 0 aromatic heterocycles. The largest absolute Gasteiger partial charge is 0.338 e. The van der Waals surface area contributed by atoms with E-state index in [9.17, 15) is 4.79 Å². The Morgan fingerprint density at radius 1 is 1.26 bits per heavy atom. The zero-order valence-corrected chi connectivity index (χ0v) is 12.1. The Morgan fingerprint density at radius 2 is 1.89 bits per heavy atom. The fourth-order valence-electron chi connectivity index (χ4n) is 2.22. The molecular weight excluding hydrogens is 236 g/mol. The van der Waals surface area contributed by atoms with E-state index in [-0.39, 0.29) is 11.6 Å². The van der Waals surface area contributed by atoms with Gasteiger partial charge in [-0.25, -0.2) is 4.79 Å². The molecule has 0 saturated heterocycles. The van der Waals surface area contributed by atoms with Crippen LogP contribution in [0.15, 0.2) is 24.3 Å². The van der Waals surface area contributed by atoms with E-state index in [0.29, 0.717) is 5.92 Å². The van der Waals surface area contributed by atoms with Crippen molar-refractivity contribution >= 4 is 6.03 Å². The molecule has 2 rings (SSSR count). The molecule has 1 aromatic rings. The summed E-state index contributed by atoms with van der Waals surface area (Å²) in [5.74, 6) is 0.618. The van der Waals surface area contributed by atoms with Crippen LogP contribution in [0.2, 0.25) is 0 Å². The van der Waals surface area contributed by atoms with Crippen LogP contribution in [0.3, 0.4) is 0 Å². The lowest BCUT2D eigenvalue weighted by Gasteiger charge is -2.19. The van der Waals surface area contributed by atoms with E-state index < -0.39 is 0 Å². The number of aryl methyl sites for hydroxylation is 1. The van der Waals surface area contributed by atoms with Crippen molar-refractivity contribution in [1.29, 1.82) is 0 Å². The lowest BCUT2D eigenvalue weighted by molar-refractivity contribution is 0.235. The van der Waals surface area contributed by atoms with Gasteiger partial charge in [-0.15, -0.1) is 0 Å². The molecule has 104 valence electrons. The summed E-state index contributed by atoms with van der Waals surface area (Å²) in [5, 5.41) is 6.07.